The van der Waals surface area contributed by atoms with Crippen LogP contribution in [0, 0.1) is 6.92 Å². The molecule has 0 aromatic heterocycles. The van der Waals surface area contributed by atoms with E-state index in [-0.39, 0.29) is 0 Å². The van der Waals surface area contributed by atoms with E-state index in [9.17, 15) is 5.11 Å². The Labute approximate surface area is 130 Å². The van der Waals surface area contributed by atoms with Gasteiger partial charge in [0.25, 0.3) is 0 Å². The van der Waals surface area contributed by atoms with Crippen LogP contribution < -0.4 is 5.32 Å². The first-order chi connectivity index (χ1) is 10.7. The maximum absolute atomic E-state index is 9.98. The van der Waals surface area contributed by atoms with Crippen molar-refractivity contribution in [1.29, 1.82) is 0 Å². The topological polar surface area (TPSA) is 32.3 Å². The molecule has 2 heteroatoms. The van der Waals surface area contributed by atoms with Crippen LogP contribution in [0.3, 0.4) is 0 Å². The fourth-order valence-electron chi connectivity index (χ4n) is 3.45. The third kappa shape index (κ3) is 2.12. The molecule has 1 aliphatic carbocycles. The van der Waals surface area contributed by atoms with Crippen LogP contribution in [-0.2, 0) is 19.4 Å². The third-order valence-corrected chi connectivity index (χ3v) is 4.58. The minimum absolute atomic E-state index is 0.351. The van der Waals surface area contributed by atoms with E-state index in [4.69, 9.17) is 0 Å². The summed E-state index contributed by atoms with van der Waals surface area (Å²) in [4.78, 5) is 0. The van der Waals surface area contributed by atoms with Crippen molar-refractivity contribution in [2.24, 2.45) is 0 Å². The summed E-state index contributed by atoms with van der Waals surface area (Å²) in [7, 11) is 0. The Morgan fingerprint density at radius 2 is 1.82 bits per heavy atom. The van der Waals surface area contributed by atoms with Gasteiger partial charge in [0, 0.05) is 23.2 Å². The molecule has 110 valence electrons. The first-order valence-electron chi connectivity index (χ1n) is 7.78. The van der Waals surface area contributed by atoms with E-state index in [1.165, 1.54) is 21.9 Å². The second-order valence-corrected chi connectivity index (χ2v) is 6.10. The van der Waals surface area contributed by atoms with Crippen molar-refractivity contribution in [2.45, 2.75) is 26.3 Å². The number of benzene rings is 3. The molecule has 0 amide bonds. The summed E-state index contributed by atoms with van der Waals surface area (Å²) >= 11 is 0. The standard InChI is InChI=1S/C20H19NO/c1-13-5-10-19(22)16(11-13)12-21-18-9-8-15-7-6-14-3-2-4-17(18)20(14)15/h2-5,8-11,21-22H,6-7,12H2,1H3. The molecule has 3 aromatic carbocycles. The average molecular weight is 289 g/mol. The smallest absolute Gasteiger partial charge is 0.120 e. The van der Waals surface area contributed by atoms with Gasteiger partial charge in [0.05, 0.1) is 0 Å². The molecule has 2 nitrogen and oxygen atoms in total. The number of phenols is 1. The summed E-state index contributed by atoms with van der Waals surface area (Å²) in [6.07, 6.45) is 2.30. The predicted octanol–water partition coefficient (Wildman–Crippen LogP) is 4.56. The lowest BCUT2D eigenvalue weighted by Crippen LogP contribution is -2.01. The molecule has 0 spiro atoms. The van der Waals surface area contributed by atoms with Crippen molar-refractivity contribution >= 4 is 16.5 Å². The summed E-state index contributed by atoms with van der Waals surface area (Å²) < 4.78 is 0. The third-order valence-electron chi connectivity index (χ3n) is 4.58. The number of nitrogens with one attached hydrogen (secondary N) is 1. The highest BCUT2D eigenvalue weighted by molar-refractivity contribution is 5.99. The molecule has 0 aliphatic heterocycles. The zero-order chi connectivity index (χ0) is 15.1. The Bertz CT molecular complexity index is 857. The van der Waals surface area contributed by atoms with Gasteiger partial charge in [-0.25, -0.2) is 0 Å². The highest BCUT2D eigenvalue weighted by Crippen LogP contribution is 2.35. The Balaban J connectivity index is 1.70. The van der Waals surface area contributed by atoms with Gasteiger partial charge < -0.3 is 10.4 Å². The molecule has 3 aromatic rings. The Kier molecular flexibility index (Phi) is 3.04. The van der Waals surface area contributed by atoms with Gasteiger partial charge in [0.1, 0.15) is 5.75 Å². The van der Waals surface area contributed by atoms with Crippen molar-refractivity contribution < 1.29 is 5.11 Å². The zero-order valence-electron chi connectivity index (χ0n) is 12.7. The molecule has 4 rings (SSSR count). The van der Waals surface area contributed by atoms with E-state index in [0.717, 1.165) is 29.7 Å². The van der Waals surface area contributed by atoms with E-state index in [1.54, 1.807) is 6.07 Å². The van der Waals surface area contributed by atoms with E-state index in [2.05, 4.69) is 35.6 Å². The van der Waals surface area contributed by atoms with Gasteiger partial charge in [-0.3, -0.25) is 0 Å². The van der Waals surface area contributed by atoms with E-state index in [0.29, 0.717) is 12.3 Å². The van der Waals surface area contributed by atoms with Gasteiger partial charge in [0.2, 0.25) is 0 Å². The van der Waals surface area contributed by atoms with Crippen LogP contribution in [-0.4, -0.2) is 5.11 Å². The minimum Gasteiger partial charge on any atom is -0.508 e. The fourth-order valence-corrected chi connectivity index (χ4v) is 3.45. The van der Waals surface area contributed by atoms with Crippen LogP contribution >= 0.6 is 0 Å². The second-order valence-electron chi connectivity index (χ2n) is 6.10. The molecule has 22 heavy (non-hydrogen) atoms. The molecule has 0 heterocycles. The number of aryl methyl sites for hydroxylation is 3. The van der Waals surface area contributed by atoms with E-state index < -0.39 is 0 Å². The summed E-state index contributed by atoms with van der Waals surface area (Å²) in [6, 6.07) is 16.7. The van der Waals surface area contributed by atoms with Gasteiger partial charge in [-0.15, -0.1) is 0 Å². The van der Waals surface area contributed by atoms with E-state index in [1.807, 2.05) is 19.1 Å². The summed E-state index contributed by atoms with van der Waals surface area (Å²) in [6.45, 7) is 2.67. The van der Waals surface area contributed by atoms with Crippen molar-refractivity contribution in [1.82, 2.24) is 0 Å². The first-order valence-corrected chi connectivity index (χ1v) is 7.78. The van der Waals surface area contributed by atoms with Crippen molar-refractivity contribution in [3.63, 3.8) is 0 Å². The Morgan fingerprint density at radius 1 is 1.00 bits per heavy atom. The van der Waals surface area contributed by atoms with Crippen LogP contribution in [0.4, 0.5) is 5.69 Å². The minimum atomic E-state index is 0.351. The first kappa shape index (κ1) is 13.2. The lowest BCUT2D eigenvalue weighted by atomic mass is 10.0. The van der Waals surface area contributed by atoms with Crippen LogP contribution in [0.5, 0.6) is 5.75 Å². The quantitative estimate of drug-likeness (QED) is 0.740. The number of anilines is 1. The second kappa shape index (κ2) is 5.06. The van der Waals surface area contributed by atoms with Gasteiger partial charge in [-0.1, -0.05) is 42.0 Å². The normalized spacial score (nSPS) is 12.8. The molecule has 0 radical (unpaired) electrons. The molecule has 0 saturated carbocycles. The van der Waals surface area contributed by atoms with Gasteiger partial charge >= 0.3 is 0 Å². The van der Waals surface area contributed by atoms with E-state index >= 15 is 0 Å². The number of phenolic OH excluding ortho intramolecular Hbond substituents is 1. The highest BCUT2D eigenvalue weighted by atomic mass is 16.3. The Morgan fingerprint density at radius 3 is 2.68 bits per heavy atom. The molecule has 0 unspecified atom stereocenters. The molecule has 0 fully saturated rings. The maximum atomic E-state index is 9.98. The lowest BCUT2D eigenvalue weighted by Gasteiger charge is -2.13. The van der Waals surface area contributed by atoms with Gasteiger partial charge in [0.15, 0.2) is 0 Å². The molecular formula is C20H19NO. The lowest BCUT2D eigenvalue weighted by molar-refractivity contribution is 0.469. The zero-order valence-corrected chi connectivity index (χ0v) is 12.7. The highest BCUT2D eigenvalue weighted by Gasteiger charge is 2.15. The predicted molar refractivity (Wildman–Crippen MR) is 91.5 cm³/mol. The van der Waals surface area contributed by atoms with Crippen molar-refractivity contribution in [3.8, 4) is 5.75 Å². The summed E-state index contributed by atoms with van der Waals surface area (Å²) in [5, 5.41) is 16.2. The average Bonchev–Trinajstić information content (AvgIpc) is 2.95. The monoisotopic (exact) mass is 289 g/mol. The number of hydrogen-bond acceptors (Lipinski definition) is 2. The molecule has 0 saturated heterocycles. The van der Waals surface area contributed by atoms with Crippen LogP contribution in [0.25, 0.3) is 10.8 Å². The number of rotatable bonds is 3. The molecule has 0 atom stereocenters. The number of hydrogen-bond donors (Lipinski definition) is 2. The largest absolute Gasteiger partial charge is 0.508 e. The number of aromatic hydroxyl groups is 1. The van der Waals surface area contributed by atoms with Crippen molar-refractivity contribution in [2.75, 3.05) is 5.32 Å². The van der Waals surface area contributed by atoms with Crippen LogP contribution in [0.2, 0.25) is 0 Å². The fraction of sp³-hybridized carbons (Fsp3) is 0.200. The van der Waals surface area contributed by atoms with Crippen LogP contribution in [0.1, 0.15) is 22.3 Å². The SMILES string of the molecule is Cc1ccc(O)c(CNc2ccc3c4c(cccc24)CC3)c1. The Hall–Kier alpha value is -2.48. The molecule has 1 aliphatic rings. The summed E-state index contributed by atoms with van der Waals surface area (Å²) in [5.41, 5.74) is 6.14. The molecular weight excluding hydrogens is 270 g/mol. The summed E-state index contributed by atoms with van der Waals surface area (Å²) in [5.74, 6) is 0.351. The molecule has 2 N–H and O–H groups in total. The molecule has 0 bridgehead atoms. The van der Waals surface area contributed by atoms with Gasteiger partial charge in [-0.2, -0.15) is 0 Å². The maximum Gasteiger partial charge on any atom is 0.120 e. The van der Waals surface area contributed by atoms with Crippen LogP contribution in [0.15, 0.2) is 48.5 Å². The van der Waals surface area contributed by atoms with Gasteiger partial charge in [-0.05, 0) is 48.4 Å². The van der Waals surface area contributed by atoms with Crippen molar-refractivity contribution in [3.05, 3.63) is 70.8 Å².